The van der Waals surface area contributed by atoms with E-state index in [2.05, 4.69) is 6.07 Å². The van der Waals surface area contributed by atoms with Crippen molar-refractivity contribution in [2.24, 2.45) is 0 Å². The average Bonchev–Trinajstić information content (AvgIpc) is 2.06. The second-order valence-electron chi connectivity index (χ2n) is 2.16. The summed E-state index contributed by atoms with van der Waals surface area (Å²) in [4.78, 5) is 12.0. The lowest BCUT2D eigenvalue weighted by molar-refractivity contribution is -0.107. The molecule has 1 rings (SSSR count). The van der Waals surface area contributed by atoms with Crippen LogP contribution in [0.5, 0.6) is 0 Å². The molecule has 1 aromatic rings. The molecule has 1 nitrogen and oxygen atoms in total. The minimum Gasteiger partial charge on any atom is -0.282 e. The molecule has 0 bridgehead atoms. The van der Waals surface area contributed by atoms with Crippen LogP contribution in [-0.4, -0.2) is 5.12 Å². The van der Waals surface area contributed by atoms with Crippen molar-refractivity contribution >= 4 is 16.9 Å². The third-order valence-electron chi connectivity index (χ3n) is 1.20. The largest absolute Gasteiger partial charge is 0.282 e. The molecular formula is C10H9OS. The fourth-order valence-electron chi connectivity index (χ4n) is 0.727. The zero-order valence-corrected chi connectivity index (χ0v) is 7.60. The second-order valence-corrected chi connectivity index (χ2v) is 3.24. The van der Waals surface area contributed by atoms with E-state index in [1.54, 1.807) is 18.2 Å². The molecule has 0 saturated heterocycles. The normalized spacial score (nSPS) is 10.4. The highest BCUT2D eigenvalue weighted by molar-refractivity contribution is 8.14. The molecule has 0 heterocycles. The number of hydrogen-bond acceptors (Lipinski definition) is 2. The summed E-state index contributed by atoms with van der Waals surface area (Å²) in [5.74, 6) is 0. The van der Waals surface area contributed by atoms with Crippen LogP contribution >= 0.6 is 11.8 Å². The lowest BCUT2D eigenvalue weighted by atomic mass is 10.4. The molecule has 0 saturated carbocycles. The standard InChI is InChI=1S/C10H9OS/c1-2-6-10(11)12-9-7-4-3-5-8-9/h2-4,6-8H,1H3. The van der Waals surface area contributed by atoms with Crippen molar-refractivity contribution < 1.29 is 4.79 Å². The van der Waals surface area contributed by atoms with Gasteiger partial charge in [-0.3, -0.25) is 4.79 Å². The van der Waals surface area contributed by atoms with E-state index in [-0.39, 0.29) is 5.12 Å². The van der Waals surface area contributed by atoms with E-state index in [4.69, 9.17) is 0 Å². The maximum atomic E-state index is 11.1. The van der Waals surface area contributed by atoms with Crippen molar-refractivity contribution in [1.29, 1.82) is 0 Å². The number of carbonyl (C=O) groups is 1. The van der Waals surface area contributed by atoms with Crippen molar-refractivity contribution in [2.75, 3.05) is 0 Å². The Labute approximate surface area is 76.5 Å². The van der Waals surface area contributed by atoms with Gasteiger partial charge in [-0.05, 0) is 43.0 Å². The number of hydrogen-bond donors (Lipinski definition) is 0. The molecule has 0 aliphatic heterocycles. The van der Waals surface area contributed by atoms with Crippen LogP contribution in [-0.2, 0) is 4.79 Å². The van der Waals surface area contributed by atoms with Crippen molar-refractivity contribution in [1.82, 2.24) is 0 Å². The first-order chi connectivity index (χ1) is 5.83. The summed E-state index contributed by atoms with van der Waals surface area (Å²) in [6.45, 7) is 1.83. The fraction of sp³-hybridized carbons (Fsp3) is 0.100. The lowest BCUT2D eigenvalue weighted by Crippen LogP contribution is -1.82. The highest BCUT2D eigenvalue weighted by Gasteiger charge is 1.97. The summed E-state index contributed by atoms with van der Waals surface area (Å²) in [6, 6.07) is 10.3. The number of rotatable bonds is 2. The van der Waals surface area contributed by atoms with Crippen molar-refractivity contribution in [3.05, 3.63) is 42.5 Å². The molecule has 0 atom stereocenters. The molecule has 1 radical (unpaired) electrons. The third kappa shape index (κ3) is 2.93. The summed E-state index contributed by atoms with van der Waals surface area (Å²) in [7, 11) is 0. The molecule has 0 aliphatic carbocycles. The number of thioether (sulfide) groups is 1. The Morgan fingerprint density at radius 2 is 2.50 bits per heavy atom. The zero-order valence-electron chi connectivity index (χ0n) is 6.78. The maximum absolute atomic E-state index is 11.1. The smallest absolute Gasteiger partial charge is 0.216 e. The number of allylic oxidation sites excluding steroid dienone is 1. The minimum atomic E-state index is 0.0529. The van der Waals surface area contributed by atoms with Gasteiger partial charge in [0, 0.05) is 4.90 Å². The summed E-state index contributed by atoms with van der Waals surface area (Å²) in [5, 5.41) is 0.0529. The average molecular weight is 177 g/mol. The fourth-order valence-corrected chi connectivity index (χ4v) is 1.44. The number of carbonyl (C=O) groups excluding carboxylic acids is 1. The Balaban J connectivity index is 2.59. The summed E-state index contributed by atoms with van der Waals surface area (Å²) in [6.07, 6.45) is 3.29. The van der Waals surface area contributed by atoms with Gasteiger partial charge in [0.1, 0.15) is 0 Å². The van der Waals surface area contributed by atoms with Crippen molar-refractivity contribution in [3.8, 4) is 0 Å². The van der Waals surface area contributed by atoms with E-state index < -0.39 is 0 Å². The van der Waals surface area contributed by atoms with E-state index in [0.717, 1.165) is 4.90 Å². The maximum Gasteiger partial charge on any atom is 0.216 e. The van der Waals surface area contributed by atoms with Gasteiger partial charge in [-0.15, -0.1) is 0 Å². The van der Waals surface area contributed by atoms with Gasteiger partial charge in [-0.25, -0.2) is 0 Å². The summed E-state index contributed by atoms with van der Waals surface area (Å²) < 4.78 is 0. The highest BCUT2D eigenvalue weighted by atomic mass is 32.2. The van der Waals surface area contributed by atoms with E-state index in [1.165, 1.54) is 11.8 Å². The van der Waals surface area contributed by atoms with Crippen LogP contribution in [0.4, 0.5) is 0 Å². The Hall–Kier alpha value is -1.02. The molecule has 0 fully saturated rings. The molecule has 0 unspecified atom stereocenters. The van der Waals surface area contributed by atoms with Crippen LogP contribution in [0.25, 0.3) is 0 Å². The summed E-state index contributed by atoms with van der Waals surface area (Å²) >= 11 is 1.21. The lowest BCUT2D eigenvalue weighted by Gasteiger charge is -1.93. The topological polar surface area (TPSA) is 17.1 Å². The predicted molar refractivity (Wildman–Crippen MR) is 51.0 cm³/mol. The van der Waals surface area contributed by atoms with E-state index in [9.17, 15) is 4.79 Å². The minimum absolute atomic E-state index is 0.0529. The van der Waals surface area contributed by atoms with Gasteiger partial charge in [0.15, 0.2) is 0 Å². The first-order valence-corrected chi connectivity index (χ1v) is 4.45. The van der Waals surface area contributed by atoms with Crippen LogP contribution in [0.1, 0.15) is 6.92 Å². The molecule has 0 spiro atoms. The van der Waals surface area contributed by atoms with Gasteiger partial charge in [-0.1, -0.05) is 18.2 Å². The zero-order chi connectivity index (χ0) is 8.81. The molecule has 0 aliphatic rings. The molecule has 12 heavy (non-hydrogen) atoms. The Morgan fingerprint density at radius 1 is 1.67 bits per heavy atom. The molecule has 2 heteroatoms. The van der Waals surface area contributed by atoms with Crippen LogP contribution in [0.15, 0.2) is 41.3 Å². The molecule has 0 amide bonds. The van der Waals surface area contributed by atoms with Gasteiger partial charge in [0.05, 0.1) is 0 Å². The van der Waals surface area contributed by atoms with Crippen LogP contribution < -0.4 is 0 Å². The molecule has 0 N–H and O–H groups in total. The first-order valence-electron chi connectivity index (χ1n) is 3.63. The first kappa shape index (κ1) is 9.07. The quantitative estimate of drug-likeness (QED) is 0.510. The highest BCUT2D eigenvalue weighted by Crippen LogP contribution is 2.17. The van der Waals surface area contributed by atoms with Crippen molar-refractivity contribution in [2.45, 2.75) is 11.8 Å². The molecule has 61 valence electrons. The van der Waals surface area contributed by atoms with E-state index >= 15 is 0 Å². The van der Waals surface area contributed by atoms with Gasteiger partial charge in [0.2, 0.25) is 5.12 Å². The Morgan fingerprint density at radius 3 is 3.08 bits per heavy atom. The molecule has 0 aromatic heterocycles. The molecular weight excluding hydrogens is 168 g/mol. The Kier molecular flexibility index (Phi) is 3.61. The second kappa shape index (κ2) is 4.78. The van der Waals surface area contributed by atoms with Crippen LogP contribution in [0.2, 0.25) is 0 Å². The van der Waals surface area contributed by atoms with Gasteiger partial charge < -0.3 is 0 Å². The summed E-state index contributed by atoms with van der Waals surface area (Å²) in [5.41, 5.74) is 0. The van der Waals surface area contributed by atoms with E-state index in [1.807, 2.05) is 25.1 Å². The van der Waals surface area contributed by atoms with Crippen LogP contribution in [0, 0.1) is 6.07 Å². The predicted octanol–water partition coefficient (Wildman–Crippen LogP) is 2.68. The van der Waals surface area contributed by atoms with Gasteiger partial charge in [-0.2, -0.15) is 0 Å². The monoisotopic (exact) mass is 177 g/mol. The number of benzene rings is 1. The SMILES string of the molecule is CC=CC(=O)Sc1c[c]ccc1. The van der Waals surface area contributed by atoms with Gasteiger partial charge >= 0.3 is 0 Å². The van der Waals surface area contributed by atoms with Gasteiger partial charge in [0.25, 0.3) is 0 Å². The molecule has 1 aromatic carbocycles. The Bertz CT molecular complexity index is 277. The van der Waals surface area contributed by atoms with E-state index in [0.29, 0.717) is 0 Å². The van der Waals surface area contributed by atoms with Crippen molar-refractivity contribution in [3.63, 3.8) is 0 Å². The third-order valence-corrected chi connectivity index (χ3v) is 2.03. The van der Waals surface area contributed by atoms with Crippen LogP contribution in [0.3, 0.4) is 0 Å².